The molecule has 0 aliphatic heterocycles. The standard InChI is InChI=1S/C80H156O17P2/c1-8-10-11-12-13-14-25-32-40-47-54-61-77(82)90-68-76(97-80(85)64-57-50-43-36-35-39-46-53-60-73(7)9-2)70-95-99(88,89)93-66-74(81)65-92-98(86,87)94-69-75(67-91-78(83)62-55-48-41-33-28-23-20-19-22-27-31-38-45-52-59-72(5)6)96-79(84)63-56-49-42-34-29-24-18-16-15-17-21-26-30-37-44-51-58-71(3)4/h71-76,81H,8-70H2,1-7H3,(H,86,87)(H,88,89)/t73?,74-,75-,76-/m1/s1. The number of hydrogen-bond donors (Lipinski definition) is 3. The second-order valence-electron chi connectivity index (χ2n) is 30.0. The molecule has 0 rings (SSSR count). The Kier molecular flexibility index (Phi) is 69.0. The normalized spacial score (nSPS) is 14.3. The summed E-state index contributed by atoms with van der Waals surface area (Å²) in [5.41, 5.74) is 0. The van der Waals surface area contributed by atoms with Crippen molar-refractivity contribution < 1.29 is 80.2 Å². The smallest absolute Gasteiger partial charge is 0.462 e. The molecule has 0 amide bonds. The van der Waals surface area contributed by atoms with Crippen LogP contribution in [0.15, 0.2) is 0 Å². The molecule has 0 saturated carbocycles. The van der Waals surface area contributed by atoms with E-state index >= 15 is 0 Å². The molecule has 0 bridgehead atoms. The molecule has 6 atom stereocenters. The van der Waals surface area contributed by atoms with Crippen LogP contribution in [0.2, 0.25) is 0 Å². The number of phosphoric acid groups is 2. The molecular weight excluding hydrogens is 1290 g/mol. The van der Waals surface area contributed by atoms with Gasteiger partial charge in [0.2, 0.25) is 0 Å². The fourth-order valence-electron chi connectivity index (χ4n) is 12.3. The van der Waals surface area contributed by atoms with Crippen LogP contribution in [0.5, 0.6) is 0 Å². The highest BCUT2D eigenvalue weighted by Crippen LogP contribution is 2.45. The monoisotopic (exact) mass is 1450 g/mol. The van der Waals surface area contributed by atoms with Crippen LogP contribution in [-0.2, 0) is 65.4 Å². The van der Waals surface area contributed by atoms with Crippen molar-refractivity contribution in [3.63, 3.8) is 0 Å². The van der Waals surface area contributed by atoms with E-state index in [1.807, 2.05) is 0 Å². The zero-order valence-corrected chi connectivity index (χ0v) is 66.8. The van der Waals surface area contributed by atoms with Gasteiger partial charge in [-0.05, 0) is 43.4 Å². The van der Waals surface area contributed by atoms with Gasteiger partial charge in [-0.2, -0.15) is 0 Å². The van der Waals surface area contributed by atoms with E-state index in [1.54, 1.807) is 0 Å². The third-order valence-electron chi connectivity index (χ3n) is 19.0. The largest absolute Gasteiger partial charge is 0.472 e. The minimum atomic E-state index is -4.96. The van der Waals surface area contributed by atoms with Crippen molar-refractivity contribution in [2.75, 3.05) is 39.6 Å². The number of ether oxygens (including phenoxy) is 4. The molecule has 0 aromatic carbocycles. The molecule has 0 saturated heterocycles. The quantitative estimate of drug-likeness (QED) is 0.0222. The lowest BCUT2D eigenvalue weighted by Crippen LogP contribution is -2.30. The number of carbonyl (C=O) groups is 4. The maximum absolute atomic E-state index is 13.1. The van der Waals surface area contributed by atoms with Crippen LogP contribution in [0.25, 0.3) is 0 Å². The number of phosphoric ester groups is 2. The first-order valence-electron chi connectivity index (χ1n) is 41.4. The number of aliphatic hydroxyl groups is 1. The van der Waals surface area contributed by atoms with Crippen molar-refractivity contribution in [3.05, 3.63) is 0 Å². The summed E-state index contributed by atoms with van der Waals surface area (Å²) in [6.07, 6.45) is 58.2. The Labute approximate surface area is 607 Å². The van der Waals surface area contributed by atoms with Crippen molar-refractivity contribution in [1.29, 1.82) is 0 Å². The summed E-state index contributed by atoms with van der Waals surface area (Å²) in [5.74, 6) is 0.265. The van der Waals surface area contributed by atoms with Gasteiger partial charge in [0.05, 0.1) is 26.4 Å². The highest BCUT2D eigenvalue weighted by Gasteiger charge is 2.30. The Morgan fingerprint density at radius 1 is 0.293 bits per heavy atom. The van der Waals surface area contributed by atoms with Crippen LogP contribution in [-0.4, -0.2) is 96.7 Å². The maximum atomic E-state index is 13.1. The molecule has 0 aromatic rings. The van der Waals surface area contributed by atoms with Crippen molar-refractivity contribution in [2.45, 2.75) is 433 Å². The van der Waals surface area contributed by atoms with Crippen molar-refractivity contribution in [2.24, 2.45) is 17.8 Å². The minimum absolute atomic E-state index is 0.105. The van der Waals surface area contributed by atoms with Crippen LogP contribution in [0.3, 0.4) is 0 Å². The van der Waals surface area contributed by atoms with E-state index in [0.29, 0.717) is 25.7 Å². The second-order valence-corrected chi connectivity index (χ2v) is 32.9. The predicted molar refractivity (Wildman–Crippen MR) is 405 cm³/mol. The summed E-state index contributed by atoms with van der Waals surface area (Å²) in [7, 11) is -9.92. The summed E-state index contributed by atoms with van der Waals surface area (Å²) in [5, 5.41) is 10.6. The lowest BCUT2D eigenvalue weighted by Gasteiger charge is -2.21. The molecule has 3 N–H and O–H groups in total. The third-order valence-corrected chi connectivity index (χ3v) is 20.9. The average molecular weight is 1450 g/mol. The molecule has 0 radical (unpaired) electrons. The molecule has 0 heterocycles. The van der Waals surface area contributed by atoms with E-state index in [9.17, 15) is 43.2 Å². The molecule has 0 aliphatic carbocycles. The fourth-order valence-corrected chi connectivity index (χ4v) is 13.9. The number of rotatable bonds is 78. The Hall–Kier alpha value is -1.94. The van der Waals surface area contributed by atoms with E-state index < -0.39 is 97.5 Å². The van der Waals surface area contributed by atoms with Crippen LogP contribution in [0.4, 0.5) is 0 Å². The van der Waals surface area contributed by atoms with Gasteiger partial charge in [0.25, 0.3) is 0 Å². The Morgan fingerprint density at radius 3 is 0.768 bits per heavy atom. The van der Waals surface area contributed by atoms with E-state index in [0.717, 1.165) is 108 Å². The van der Waals surface area contributed by atoms with Gasteiger partial charge < -0.3 is 33.8 Å². The van der Waals surface area contributed by atoms with Gasteiger partial charge in [-0.1, -0.05) is 363 Å². The third kappa shape index (κ3) is 72.8. The lowest BCUT2D eigenvalue weighted by molar-refractivity contribution is -0.161. The van der Waals surface area contributed by atoms with Gasteiger partial charge in [0.1, 0.15) is 19.3 Å². The molecule has 0 spiro atoms. The molecule has 99 heavy (non-hydrogen) atoms. The molecular formula is C80H156O17P2. The molecule has 0 aromatic heterocycles. The average Bonchev–Trinajstić information content (AvgIpc) is 1.27. The summed E-state index contributed by atoms with van der Waals surface area (Å²) < 4.78 is 68.7. The molecule has 588 valence electrons. The van der Waals surface area contributed by atoms with Gasteiger partial charge >= 0.3 is 39.5 Å². The first-order valence-corrected chi connectivity index (χ1v) is 44.4. The highest BCUT2D eigenvalue weighted by atomic mass is 31.2. The van der Waals surface area contributed by atoms with E-state index in [2.05, 4.69) is 48.5 Å². The zero-order chi connectivity index (χ0) is 73.0. The zero-order valence-electron chi connectivity index (χ0n) is 65.0. The van der Waals surface area contributed by atoms with Crippen molar-refractivity contribution >= 4 is 39.5 Å². The van der Waals surface area contributed by atoms with Gasteiger partial charge in [-0.25, -0.2) is 9.13 Å². The van der Waals surface area contributed by atoms with Gasteiger partial charge in [0, 0.05) is 25.7 Å². The second kappa shape index (κ2) is 70.4. The highest BCUT2D eigenvalue weighted by molar-refractivity contribution is 7.47. The SMILES string of the molecule is CCCCCCCCCCCCCC(=O)OC[C@H](COP(=O)(O)OC[C@H](O)COP(=O)(O)OC[C@@H](COC(=O)CCCCCCCCCCCCCCCCC(C)C)OC(=O)CCCCCCCCCCCCCCCCCCC(C)C)OC(=O)CCCCCCCCCCC(C)CC. The predicted octanol–water partition coefficient (Wildman–Crippen LogP) is 23.7. The number of esters is 4. The lowest BCUT2D eigenvalue weighted by atomic mass is 9.99. The van der Waals surface area contributed by atoms with Crippen LogP contribution in [0.1, 0.15) is 414 Å². The molecule has 0 aliphatic rings. The molecule has 17 nitrogen and oxygen atoms in total. The molecule has 19 heteroatoms. The van der Waals surface area contributed by atoms with Crippen molar-refractivity contribution in [3.8, 4) is 0 Å². The summed E-state index contributed by atoms with van der Waals surface area (Å²) >= 11 is 0. The van der Waals surface area contributed by atoms with Crippen LogP contribution < -0.4 is 0 Å². The number of hydrogen-bond acceptors (Lipinski definition) is 15. The van der Waals surface area contributed by atoms with Gasteiger partial charge in [-0.3, -0.25) is 37.3 Å². The first kappa shape index (κ1) is 97.1. The fraction of sp³-hybridized carbons (Fsp3) is 0.950. The Morgan fingerprint density at radius 2 is 0.515 bits per heavy atom. The van der Waals surface area contributed by atoms with Crippen LogP contribution >= 0.6 is 15.6 Å². The number of unbranched alkanes of at least 4 members (excludes halogenated alkanes) is 45. The summed E-state index contributed by atoms with van der Waals surface area (Å²) in [4.78, 5) is 73.0. The Bertz CT molecular complexity index is 1920. The van der Waals surface area contributed by atoms with Gasteiger partial charge in [-0.15, -0.1) is 0 Å². The van der Waals surface area contributed by atoms with E-state index in [-0.39, 0.29) is 25.7 Å². The minimum Gasteiger partial charge on any atom is -0.462 e. The van der Waals surface area contributed by atoms with Gasteiger partial charge in [0.15, 0.2) is 12.2 Å². The van der Waals surface area contributed by atoms with E-state index in [4.69, 9.17) is 37.0 Å². The molecule has 3 unspecified atom stereocenters. The molecule has 0 fully saturated rings. The first-order chi connectivity index (χ1) is 47.8. The maximum Gasteiger partial charge on any atom is 0.472 e. The Balaban J connectivity index is 5.24. The van der Waals surface area contributed by atoms with Crippen LogP contribution in [0, 0.1) is 17.8 Å². The summed E-state index contributed by atoms with van der Waals surface area (Å²) in [6.45, 7) is 12.0. The van der Waals surface area contributed by atoms with Crippen molar-refractivity contribution in [1.82, 2.24) is 0 Å². The van der Waals surface area contributed by atoms with E-state index in [1.165, 1.54) is 225 Å². The number of aliphatic hydroxyl groups excluding tert-OH is 1. The number of carbonyl (C=O) groups excluding carboxylic acids is 4. The topological polar surface area (TPSA) is 237 Å². The summed E-state index contributed by atoms with van der Waals surface area (Å²) in [6, 6.07) is 0.